The summed E-state index contributed by atoms with van der Waals surface area (Å²) in [6.07, 6.45) is 2.72. The quantitative estimate of drug-likeness (QED) is 0.906. The first-order valence-electron chi connectivity index (χ1n) is 5.16. The van der Waals surface area contributed by atoms with Crippen LogP contribution in [0, 0.1) is 17.2 Å². The molecule has 0 aromatic carbocycles. The molecule has 0 radical (unpaired) electrons. The summed E-state index contributed by atoms with van der Waals surface area (Å²) in [6.45, 7) is 0. The Bertz CT molecular complexity index is 435. The second-order valence-corrected chi connectivity index (χ2v) is 4.63. The highest BCUT2D eigenvalue weighted by Gasteiger charge is 2.29. The Morgan fingerprint density at radius 1 is 1.56 bits per heavy atom. The van der Waals surface area contributed by atoms with E-state index in [4.69, 9.17) is 9.68 Å². The average molecular weight is 283 g/mol. The molecule has 1 aliphatic rings. The first-order chi connectivity index (χ1) is 7.70. The third kappa shape index (κ3) is 2.27. The van der Waals surface area contributed by atoms with Crippen LogP contribution in [0.5, 0.6) is 0 Å². The number of rotatable bonds is 2. The lowest BCUT2D eigenvalue weighted by atomic mass is 10.1. The number of hydrogen-bond donors (Lipinski definition) is 1. The lowest BCUT2D eigenvalue weighted by Crippen LogP contribution is -2.36. The van der Waals surface area contributed by atoms with Crippen LogP contribution >= 0.6 is 15.9 Å². The minimum atomic E-state index is -0.252. The van der Waals surface area contributed by atoms with Crippen LogP contribution in [0.4, 0.5) is 0 Å². The van der Waals surface area contributed by atoms with Crippen molar-refractivity contribution in [3.8, 4) is 6.07 Å². The van der Waals surface area contributed by atoms with Gasteiger partial charge in [0, 0.05) is 6.04 Å². The molecular weight excluding hydrogens is 272 g/mol. The Hall–Kier alpha value is -1.28. The zero-order valence-electron chi connectivity index (χ0n) is 8.57. The summed E-state index contributed by atoms with van der Waals surface area (Å²) < 4.78 is 5.67. The fourth-order valence-corrected chi connectivity index (χ4v) is 2.27. The number of nitrogens with zero attached hydrogens (tertiary/aromatic N) is 1. The van der Waals surface area contributed by atoms with Gasteiger partial charge in [-0.3, -0.25) is 4.79 Å². The fourth-order valence-electron chi connectivity index (χ4n) is 1.96. The highest BCUT2D eigenvalue weighted by atomic mass is 79.9. The van der Waals surface area contributed by atoms with Crippen LogP contribution in [0.2, 0.25) is 0 Å². The van der Waals surface area contributed by atoms with Crippen molar-refractivity contribution >= 4 is 21.8 Å². The summed E-state index contributed by atoms with van der Waals surface area (Å²) in [7, 11) is 0. The summed E-state index contributed by atoms with van der Waals surface area (Å²) >= 11 is 3.14. The van der Waals surface area contributed by atoms with Gasteiger partial charge in [-0.1, -0.05) is 0 Å². The molecule has 5 heteroatoms. The van der Waals surface area contributed by atoms with Crippen molar-refractivity contribution in [3.05, 3.63) is 22.6 Å². The molecule has 2 rings (SSSR count). The lowest BCUT2D eigenvalue weighted by molar-refractivity contribution is 0.0903. The number of nitrogens with one attached hydrogen (secondary N) is 1. The zero-order valence-corrected chi connectivity index (χ0v) is 10.2. The van der Waals surface area contributed by atoms with Crippen LogP contribution in [0.1, 0.15) is 29.8 Å². The Kier molecular flexibility index (Phi) is 3.30. The summed E-state index contributed by atoms with van der Waals surface area (Å²) in [5, 5.41) is 11.7. The molecule has 1 fully saturated rings. The van der Waals surface area contributed by atoms with Crippen molar-refractivity contribution in [1.82, 2.24) is 5.32 Å². The molecule has 2 unspecified atom stereocenters. The molecule has 84 valence electrons. The van der Waals surface area contributed by atoms with E-state index in [1.54, 1.807) is 12.1 Å². The van der Waals surface area contributed by atoms with Crippen molar-refractivity contribution < 1.29 is 9.21 Å². The molecule has 1 amide bonds. The van der Waals surface area contributed by atoms with E-state index in [0.717, 1.165) is 19.3 Å². The number of hydrogen-bond acceptors (Lipinski definition) is 3. The normalized spacial score (nSPS) is 24.0. The summed E-state index contributed by atoms with van der Waals surface area (Å²) in [4.78, 5) is 11.7. The van der Waals surface area contributed by atoms with Gasteiger partial charge in [-0.05, 0) is 47.3 Å². The van der Waals surface area contributed by atoms with E-state index in [0.29, 0.717) is 4.67 Å². The van der Waals surface area contributed by atoms with Gasteiger partial charge >= 0.3 is 0 Å². The summed E-state index contributed by atoms with van der Waals surface area (Å²) in [5.74, 6) is -0.0457. The minimum absolute atomic E-state index is 0.0404. The Balaban J connectivity index is 2.00. The number of carbonyl (C=O) groups is 1. The van der Waals surface area contributed by atoms with Crippen molar-refractivity contribution in [2.75, 3.05) is 0 Å². The van der Waals surface area contributed by atoms with E-state index in [1.807, 2.05) is 0 Å². The van der Waals surface area contributed by atoms with Gasteiger partial charge in [0.2, 0.25) is 0 Å². The van der Waals surface area contributed by atoms with Gasteiger partial charge in [0.15, 0.2) is 10.4 Å². The number of nitriles is 1. The summed E-state index contributed by atoms with van der Waals surface area (Å²) in [6, 6.07) is 5.46. The minimum Gasteiger partial charge on any atom is -0.444 e. The molecule has 1 aromatic rings. The number of carbonyl (C=O) groups excluding carboxylic acids is 1. The van der Waals surface area contributed by atoms with E-state index < -0.39 is 0 Å². The van der Waals surface area contributed by atoms with Crippen molar-refractivity contribution in [2.24, 2.45) is 5.92 Å². The predicted octanol–water partition coefficient (Wildman–Crippen LogP) is 2.46. The second kappa shape index (κ2) is 4.71. The van der Waals surface area contributed by atoms with E-state index in [1.165, 1.54) is 0 Å². The van der Waals surface area contributed by atoms with Crippen molar-refractivity contribution in [1.29, 1.82) is 5.26 Å². The van der Waals surface area contributed by atoms with Gasteiger partial charge in [-0.15, -0.1) is 0 Å². The highest BCUT2D eigenvalue weighted by molar-refractivity contribution is 9.10. The third-order valence-electron chi connectivity index (χ3n) is 2.80. The van der Waals surface area contributed by atoms with Crippen LogP contribution in [0.3, 0.4) is 0 Å². The Morgan fingerprint density at radius 2 is 2.38 bits per heavy atom. The van der Waals surface area contributed by atoms with Gasteiger partial charge in [-0.25, -0.2) is 0 Å². The molecule has 0 saturated heterocycles. The molecule has 4 nitrogen and oxygen atoms in total. The highest BCUT2D eigenvalue weighted by Crippen LogP contribution is 2.25. The molecule has 0 spiro atoms. The molecule has 1 heterocycles. The molecule has 1 aromatic heterocycles. The van der Waals surface area contributed by atoms with Crippen LogP contribution in [-0.2, 0) is 0 Å². The Morgan fingerprint density at radius 3 is 3.00 bits per heavy atom. The summed E-state index contributed by atoms with van der Waals surface area (Å²) in [5.41, 5.74) is 0. The topological polar surface area (TPSA) is 66.0 Å². The maximum Gasteiger partial charge on any atom is 0.287 e. The van der Waals surface area contributed by atoms with E-state index >= 15 is 0 Å². The maximum absolute atomic E-state index is 11.7. The van der Waals surface area contributed by atoms with Crippen LogP contribution in [-0.4, -0.2) is 11.9 Å². The molecule has 1 N–H and O–H groups in total. The lowest BCUT2D eigenvalue weighted by Gasteiger charge is -2.14. The van der Waals surface area contributed by atoms with Crippen molar-refractivity contribution in [3.63, 3.8) is 0 Å². The monoisotopic (exact) mass is 282 g/mol. The van der Waals surface area contributed by atoms with Gasteiger partial charge in [0.25, 0.3) is 5.91 Å². The molecule has 1 aliphatic carbocycles. The van der Waals surface area contributed by atoms with Crippen LogP contribution < -0.4 is 5.32 Å². The molecule has 16 heavy (non-hydrogen) atoms. The van der Waals surface area contributed by atoms with Crippen LogP contribution in [0.25, 0.3) is 0 Å². The van der Waals surface area contributed by atoms with Gasteiger partial charge in [0.05, 0.1) is 12.0 Å². The molecule has 2 atom stereocenters. The van der Waals surface area contributed by atoms with Gasteiger partial charge in [0.1, 0.15) is 0 Å². The standard InChI is InChI=1S/C11H11BrN2O2/c12-10-5-4-9(16-10)11(15)14-8-3-1-2-7(8)6-13/h4-5,7-8H,1-3H2,(H,14,15). The van der Waals surface area contributed by atoms with Crippen LogP contribution in [0.15, 0.2) is 21.2 Å². The van der Waals surface area contributed by atoms with Gasteiger partial charge < -0.3 is 9.73 Å². The van der Waals surface area contributed by atoms with E-state index in [9.17, 15) is 4.79 Å². The first kappa shape index (κ1) is 11.2. The third-order valence-corrected chi connectivity index (χ3v) is 3.22. The number of halogens is 1. The zero-order chi connectivity index (χ0) is 11.5. The van der Waals surface area contributed by atoms with E-state index in [-0.39, 0.29) is 23.6 Å². The van der Waals surface area contributed by atoms with E-state index in [2.05, 4.69) is 27.3 Å². The van der Waals surface area contributed by atoms with Crippen molar-refractivity contribution in [2.45, 2.75) is 25.3 Å². The smallest absolute Gasteiger partial charge is 0.287 e. The number of furan rings is 1. The number of amides is 1. The Labute approximate surface area is 102 Å². The molecule has 0 aliphatic heterocycles. The van der Waals surface area contributed by atoms with Gasteiger partial charge in [-0.2, -0.15) is 5.26 Å². The molecular formula is C11H11BrN2O2. The fraction of sp³-hybridized carbons (Fsp3) is 0.455. The second-order valence-electron chi connectivity index (χ2n) is 3.85. The molecule has 1 saturated carbocycles. The first-order valence-corrected chi connectivity index (χ1v) is 5.96. The molecule has 0 bridgehead atoms. The SMILES string of the molecule is N#CC1CCCC1NC(=O)c1ccc(Br)o1. The maximum atomic E-state index is 11.7. The average Bonchev–Trinajstić information content (AvgIpc) is 2.86. The predicted molar refractivity (Wildman–Crippen MR) is 60.6 cm³/mol. The largest absolute Gasteiger partial charge is 0.444 e.